The maximum absolute atomic E-state index is 13.1. The van der Waals surface area contributed by atoms with Crippen molar-refractivity contribution in [1.82, 2.24) is 21.4 Å². The largest absolute Gasteiger partial charge is 0.480 e. The summed E-state index contributed by atoms with van der Waals surface area (Å²) >= 11 is 0. The number of rotatable bonds is 46. The van der Waals surface area contributed by atoms with E-state index in [0.717, 1.165) is 38.5 Å². The average Bonchev–Trinajstić information content (AvgIpc) is 3.29. The number of aliphatic carboxylic acids is 1. The van der Waals surface area contributed by atoms with Gasteiger partial charge >= 0.3 is 29.8 Å². The third-order valence-corrected chi connectivity index (χ3v) is 10.6. The van der Waals surface area contributed by atoms with Gasteiger partial charge in [-0.3, -0.25) is 28.8 Å². The number of carbonyl (C=O) groups is 8. The van der Waals surface area contributed by atoms with Crippen molar-refractivity contribution in [1.29, 1.82) is 0 Å². The number of unbranched alkanes of at least 4 members (excludes halogenated alkanes) is 15. The first-order valence-electron chi connectivity index (χ1n) is 27.3. The highest BCUT2D eigenvalue weighted by molar-refractivity contribution is 5.85. The van der Waals surface area contributed by atoms with E-state index in [1.54, 1.807) is 41.5 Å². The lowest BCUT2D eigenvalue weighted by molar-refractivity contribution is -0.167. The van der Waals surface area contributed by atoms with E-state index in [-0.39, 0.29) is 109 Å². The topological polar surface area (TPSA) is 279 Å². The number of nitrogens with one attached hydrogen (secondary N) is 4. The summed E-state index contributed by atoms with van der Waals surface area (Å²) in [7, 11) is 0. The van der Waals surface area contributed by atoms with Crippen LogP contribution in [0.25, 0.3) is 0 Å². The molecule has 0 aromatic carbocycles. The van der Waals surface area contributed by atoms with Gasteiger partial charge in [0.05, 0.1) is 39.6 Å². The Morgan fingerprint density at radius 3 is 1.27 bits per heavy atom. The quantitative estimate of drug-likeness (QED) is 0.0180. The fourth-order valence-electron chi connectivity index (χ4n) is 7.06. The fraction of sp³-hybridized carbons (Fsp3) is 0.852. The second-order valence-corrected chi connectivity index (χ2v) is 21.6. The number of carboxylic acid groups (broad SMARTS) is 1. The van der Waals surface area contributed by atoms with Crippen LogP contribution in [0.1, 0.15) is 204 Å². The van der Waals surface area contributed by atoms with Crippen molar-refractivity contribution in [2.75, 3.05) is 65.9 Å². The first-order chi connectivity index (χ1) is 35.4. The van der Waals surface area contributed by atoms with E-state index >= 15 is 0 Å². The van der Waals surface area contributed by atoms with Crippen LogP contribution in [0.2, 0.25) is 0 Å². The number of carboxylic acids is 1. The molecule has 5 N–H and O–H groups in total. The summed E-state index contributed by atoms with van der Waals surface area (Å²) in [6.07, 6.45) is 18.0. The summed E-state index contributed by atoms with van der Waals surface area (Å²) in [5, 5.41) is 16.5. The molecule has 0 aliphatic heterocycles. The van der Waals surface area contributed by atoms with Gasteiger partial charge in [0.15, 0.2) is 0 Å². The van der Waals surface area contributed by atoms with E-state index in [2.05, 4.69) is 21.4 Å². The van der Waals surface area contributed by atoms with Gasteiger partial charge < -0.3 is 59.1 Å². The molecule has 0 aliphatic rings. The summed E-state index contributed by atoms with van der Waals surface area (Å²) in [6.45, 7) is 16.6. The van der Waals surface area contributed by atoms with Crippen molar-refractivity contribution in [2.24, 2.45) is 0 Å². The molecular weight excluding hydrogens is 977 g/mol. The Bertz CT molecular complexity index is 1610. The van der Waals surface area contributed by atoms with Crippen molar-refractivity contribution in [3.05, 3.63) is 0 Å². The van der Waals surface area contributed by atoms with Crippen molar-refractivity contribution in [3.8, 4) is 0 Å². The van der Waals surface area contributed by atoms with Gasteiger partial charge in [0, 0.05) is 38.8 Å². The Hall–Kier alpha value is -4.44. The van der Waals surface area contributed by atoms with E-state index in [9.17, 15) is 38.4 Å². The fourth-order valence-corrected chi connectivity index (χ4v) is 7.06. The van der Waals surface area contributed by atoms with E-state index in [0.29, 0.717) is 12.8 Å². The minimum absolute atomic E-state index is 0.0844. The van der Waals surface area contributed by atoms with Gasteiger partial charge in [-0.05, 0) is 88.0 Å². The minimum Gasteiger partial charge on any atom is -0.480 e. The molecule has 2 atom stereocenters. The molecule has 0 radical (unpaired) electrons. The van der Waals surface area contributed by atoms with Gasteiger partial charge in [0.2, 0.25) is 17.7 Å². The molecule has 21 nitrogen and oxygen atoms in total. The monoisotopic (exact) mass is 1070 g/mol. The van der Waals surface area contributed by atoms with Crippen molar-refractivity contribution in [2.45, 2.75) is 232 Å². The van der Waals surface area contributed by atoms with E-state index in [1.807, 2.05) is 20.8 Å². The third-order valence-electron chi connectivity index (χ3n) is 10.6. The van der Waals surface area contributed by atoms with Crippen molar-refractivity contribution < 1.29 is 81.5 Å². The smallest absolute Gasteiger partial charge is 0.329 e. The lowest BCUT2D eigenvalue weighted by atomic mass is 10.0. The lowest BCUT2D eigenvalue weighted by Crippen LogP contribution is -2.45. The standard InChI is InChI=1S/C54H98N4O17/c1-52(2,3)72-48(64)27-25-23-21-19-17-15-13-11-10-12-14-16-18-20-22-24-26-45(60)57-42(50(66)73-53(4,5)6)29-31-49(65)75-58-43(51(67)74-54(7,8)9)28-30-44(59)55-32-34-68-36-38-70-40-46(61)56-33-35-69-37-39-71-41-47(62)63/h42-43,58H,10-41H2,1-9H3,(H,55,59)(H,56,61)(H,57,60)(H,62,63)/t42-,43-/m0/s1. The summed E-state index contributed by atoms with van der Waals surface area (Å²) in [6, 6.07) is -2.31. The maximum atomic E-state index is 13.1. The van der Waals surface area contributed by atoms with Crippen LogP contribution < -0.4 is 21.4 Å². The molecule has 0 heterocycles. The van der Waals surface area contributed by atoms with Crippen LogP contribution in [0.4, 0.5) is 0 Å². The maximum Gasteiger partial charge on any atom is 0.329 e. The molecule has 0 bridgehead atoms. The summed E-state index contributed by atoms with van der Waals surface area (Å²) < 4.78 is 37.1. The van der Waals surface area contributed by atoms with Crippen LogP contribution in [0.5, 0.6) is 0 Å². The normalized spacial score (nSPS) is 12.5. The second-order valence-electron chi connectivity index (χ2n) is 21.6. The number of amides is 3. The molecule has 0 fully saturated rings. The molecule has 0 rings (SSSR count). The summed E-state index contributed by atoms with van der Waals surface area (Å²) in [4.78, 5) is 104. The Balaban J connectivity index is 4.51. The van der Waals surface area contributed by atoms with E-state index < -0.39 is 65.3 Å². The zero-order chi connectivity index (χ0) is 56.4. The van der Waals surface area contributed by atoms with Crippen LogP contribution in [0.3, 0.4) is 0 Å². The molecule has 436 valence electrons. The average molecular weight is 1080 g/mol. The minimum atomic E-state index is -1.20. The molecule has 75 heavy (non-hydrogen) atoms. The summed E-state index contributed by atoms with van der Waals surface area (Å²) in [5.41, 5.74) is 0.303. The molecule has 0 aromatic rings. The zero-order valence-corrected chi connectivity index (χ0v) is 47.3. The predicted molar refractivity (Wildman–Crippen MR) is 281 cm³/mol. The Morgan fingerprint density at radius 1 is 0.400 bits per heavy atom. The van der Waals surface area contributed by atoms with Crippen LogP contribution in [0, 0.1) is 0 Å². The first kappa shape index (κ1) is 70.6. The van der Waals surface area contributed by atoms with Gasteiger partial charge in [-0.2, -0.15) is 0 Å². The van der Waals surface area contributed by atoms with Crippen LogP contribution >= 0.6 is 0 Å². The van der Waals surface area contributed by atoms with Gasteiger partial charge in [0.1, 0.15) is 42.1 Å². The van der Waals surface area contributed by atoms with Crippen LogP contribution in [0.15, 0.2) is 0 Å². The number of hydrogen-bond donors (Lipinski definition) is 5. The van der Waals surface area contributed by atoms with Crippen LogP contribution in [-0.4, -0.2) is 148 Å². The van der Waals surface area contributed by atoms with Crippen molar-refractivity contribution in [3.63, 3.8) is 0 Å². The third kappa shape index (κ3) is 48.9. The number of hydroxylamine groups is 1. The first-order valence-corrected chi connectivity index (χ1v) is 27.3. The molecule has 0 aromatic heterocycles. The van der Waals surface area contributed by atoms with Gasteiger partial charge in [-0.15, -0.1) is 5.48 Å². The molecule has 0 saturated heterocycles. The van der Waals surface area contributed by atoms with Gasteiger partial charge in [-0.1, -0.05) is 89.9 Å². The van der Waals surface area contributed by atoms with Crippen molar-refractivity contribution >= 4 is 47.6 Å². The Kier molecular flexibility index (Phi) is 40.1. The lowest BCUT2D eigenvalue weighted by Gasteiger charge is -2.25. The van der Waals surface area contributed by atoms with Gasteiger partial charge in [0.25, 0.3) is 0 Å². The zero-order valence-electron chi connectivity index (χ0n) is 47.3. The Labute approximate surface area is 447 Å². The molecule has 21 heteroatoms. The molecular formula is C54H98N4O17. The van der Waals surface area contributed by atoms with Crippen LogP contribution in [-0.2, 0) is 76.4 Å². The molecule has 3 amide bonds. The highest BCUT2D eigenvalue weighted by Crippen LogP contribution is 2.17. The molecule has 0 spiro atoms. The van der Waals surface area contributed by atoms with E-state index in [4.69, 9.17) is 43.1 Å². The second kappa shape index (κ2) is 42.6. The Morgan fingerprint density at radius 2 is 0.800 bits per heavy atom. The highest BCUT2D eigenvalue weighted by atomic mass is 16.7. The molecule has 0 saturated carbocycles. The number of carbonyl (C=O) groups excluding carboxylic acids is 7. The number of ether oxygens (including phenoxy) is 7. The predicted octanol–water partition coefficient (Wildman–Crippen LogP) is 6.88. The molecule has 0 unspecified atom stereocenters. The van der Waals surface area contributed by atoms with Gasteiger partial charge in [-0.25, -0.2) is 9.59 Å². The number of hydrogen-bond acceptors (Lipinski definition) is 17. The summed E-state index contributed by atoms with van der Waals surface area (Å²) in [5.74, 6) is -4.48. The number of esters is 3. The van der Waals surface area contributed by atoms with E-state index in [1.165, 1.54) is 57.8 Å². The molecule has 0 aliphatic carbocycles. The SMILES string of the molecule is CC(C)(C)OC(=O)CCCCCCCCCCCCCCCCCCC(=O)N[C@@H](CCC(=O)ON[C@@H](CCC(=O)NCCOCCOCC(=O)NCCOCCOCC(=O)O)C(=O)OC(C)(C)C)C(=O)OC(C)(C)C. The highest BCUT2D eigenvalue weighted by Gasteiger charge is 2.30.